The molecule has 0 N–H and O–H groups in total. The van der Waals surface area contributed by atoms with Gasteiger partial charge in [0.1, 0.15) is 31.3 Å². The Morgan fingerprint density at radius 2 is 1.28 bits per heavy atom. The lowest BCUT2D eigenvalue weighted by Gasteiger charge is -2.36. The molecule has 0 aromatic heterocycles. The predicted molar refractivity (Wildman–Crippen MR) is 209 cm³/mol. The standard InChI is InChI=1S/C43H49Cl2NO7/c1-6-22-46(23-24-49-41-37(44)8-7-9-38(41)45)33-15-20-36-32(25-33)14-21-39(50-26-30-10-16-34(17-11-30)52-42(47)28(2)3)40(36)51-27-31-12-18-35(19-13-31)53-43(48)29(4)5/h7-14,16-19,21,28-29,33H,6,15,20,22-27H2,1-5H3. The fraction of sp³-hybridized carbons (Fsp3) is 0.395. The van der Waals surface area contributed by atoms with Crippen LogP contribution in [0.15, 0.2) is 78.9 Å². The molecular formula is C43H49Cl2NO7. The molecule has 0 saturated carbocycles. The highest BCUT2D eigenvalue weighted by Crippen LogP contribution is 2.40. The Morgan fingerprint density at radius 3 is 1.83 bits per heavy atom. The molecule has 8 nitrogen and oxygen atoms in total. The average Bonchev–Trinajstić information content (AvgIpc) is 3.14. The zero-order chi connectivity index (χ0) is 37.9. The summed E-state index contributed by atoms with van der Waals surface area (Å²) in [6, 6.07) is 24.6. The zero-order valence-electron chi connectivity index (χ0n) is 31.2. The molecule has 4 aromatic rings. The smallest absolute Gasteiger partial charge is 0.313 e. The van der Waals surface area contributed by atoms with Crippen LogP contribution in [0.3, 0.4) is 0 Å². The second-order valence-corrected chi connectivity index (χ2v) is 14.7. The van der Waals surface area contributed by atoms with E-state index in [1.165, 1.54) is 5.56 Å². The highest BCUT2D eigenvalue weighted by molar-refractivity contribution is 6.37. The first kappa shape index (κ1) is 40.0. The number of carbonyl (C=O) groups excluding carboxylic acids is 2. The number of para-hydroxylation sites is 1. The summed E-state index contributed by atoms with van der Waals surface area (Å²) in [5, 5.41) is 1.01. The molecule has 1 aliphatic rings. The zero-order valence-corrected chi connectivity index (χ0v) is 32.7. The van der Waals surface area contributed by atoms with Crippen molar-refractivity contribution in [3.8, 4) is 28.7 Å². The summed E-state index contributed by atoms with van der Waals surface area (Å²) in [7, 11) is 0. The Balaban J connectivity index is 1.31. The molecule has 0 saturated heterocycles. The van der Waals surface area contributed by atoms with Crippen molar-refractivity contribution in [3.05, 3.63) is 111 Å². The summed E-state index contributed by atoms with van der Waals surface area (Å²) in [5.41, 5.74) is 4.24. The van der Waals surface area contributed by atoms with E-state index in [0.29, 0.717) is 58.9 Å². The second kappa shape index (κ2) is 19.2. The van der Waals surface area contributed by atoms with Crippen molar-refractivity contribution in [2.75, 3.05) is 19.7 Å². The lowest BCUT2D eigenvalue weighted by Crippen LogP contribution is -2.42. The van der Waals surface area contributed by atoms with E-state index < -0.39 is 0 Å². The molecule has 0 spiro atoms. The fourth-order valence-corrected chi connectivity index (χ4v) is 6.61. The highest BCUT2D eigenvalue weighted by atomic mass is 35.5. The van der Waals surface area contributed by atoms with E-state index in [0.717, 1.165) is 61.2 Å². The van der Waals surface area contributed by atoms with Crippen molar-refractivity contribution in [2.24, 2.45) is 11.8 Å². The minimum Gasteiger partial charge on any atom is -0.489 e. The van der Waals surface area contributed by atoms with Gasteiger partial charge in [0.2, 0.25) is 0 Å². The Kier molecular flexibility index (Phi) is 14.5. The summed E-state index contributed by atoms with van der Waals surface area (Å²) in [6.45, 7) is 12.2. The number of carbonyl (C=O) groups is 2. The van der Waals surface area contributed by atoms with Crippen LogP contribution in [0.2, 0.25) is 10.0 Å². The van der Waals surface area contributed by atoms with Gasteiger partial charge >= 0.3 is 11.9 Å². The molecule has 1 atom stereocenters. The van der Waals surface area contributed by atoms with E-state index in [9.17, 15) is 9.59 Å². The van der Waals surface area contributed by atoms with Crippen LogP contribution in [0.4, 0.5) is 0 Å². The molecule has 0 fully saturated rings. The van der Waals surface area contributed by atoms with Crippen LogP contribution >= 0.6 is 23.2 Å². The Hall–Kier alpha value is -4.24. The Bertz CT molecular complexity index is 1810. The minimum atomic E-state index is -0.272. The highest BCUT2D eigenvalue weighted by Gasteiger charge is 2.28. The van der Waals surface area contributed by atoms with Crippen molar-refractivity contribution in [3.63, 3.8) is 0 Å². The van der Waals surface area contributed by atoms with E-state index in [2.05, 4.69) is 17.9 Å². The maximum Gasteiger partial charge on any atom is 0.313 e. The van der Waals surface area contributed by atoms with E-state index in [-0.39, 0.29) is 23.8 Å². The number of hydrogen-bond acceptors (Lipinski definition) is 8. The lowest BCUT2D eigenvalue weighted by molar-refractivity contribution is -0.138. The van der Waals surface area contributed by atoms with Crippen LogP contribution < -0.4 is 23.7 Å². The molecule has 0 bridgehead atoms. The largest absolute Gasteiger partial charge is 0.489 e. The topological polar surface area (TPSA) is 83.5 Å². The summed E-state index contributed by atoms with van der Waals surface area (Å²) in [6.07, 6.45) is 3.66. The van der Waals surface area contributed by atoms with Crippen LogP contribution in [0.25, 0.3) is 0 Å². The molecule has 4 aromatic carbocycles. The van der Waals surface area contributed by atoms with Crippen LogP contribution in [0, 0.1) is 11.8 Å². The molecule has 5 rings (SSSR count). The normalized spacial score (nSPS) is 13.9. The molecule has 0 heterocycles. The number of nitrogens with zero attached hydrogens (tertiary/aromatic N) is 1. The van der Waals surface area contributed by atoms with Gasteiger partial charge in [0, 0.05) is 18.2 Å². The Morgan fingerprint density at radius 1 is 0.717 bits per heavy atom. The molecule has 0 amide bonds. The quantitative estimate of drug-likeness (QED) is 0.0777. The number of benzene rings is 4. The summed E-state index contributed by atoms with van der Waals surface area (Å²) in [4.78, 5) is 26.6. The summed E-state index contributed by atoms with van der Waals surface area (Å²) in [5.74, 6) is 1.95. The van der Waals surface area contributed by atoms with Crippen molar-refractivity contribution < 1.29 is 33.3 Å². The number of esters is 2. The van der Waals surface area contributed by atoms with E-state index in [1.807, 2.05) is 36.4 Å². The first-order valence-electron chi connectivity index (χ1n) is 18.3. The van der Waals surface area contributed by atoms with Crippen LogP contribution in [-0.4, -0.2) is 42.6 Å². The summed E-state index contributed by atoms with van der Waals surface area (Å²) < 4.78 is 29.9. The summed E-state index contributed by atoms with van der Waals surface area (Å²) >= 11 is 12.7. The van der Waals surface area contributed by atoms with Crippen molar-refractivity contribution in [1.82, 2.24) is 4.90 Å². The van der Waals surface area contributed by atoms with E-state index in [1.54, 1.807) is 64.1 Å². The van der Waals surface area contributed by atoms with Crippen LogP contribution in [0.1, 0.15) is 69.7 Å². The number of ether oxygens (including phenoxy) is 5. The maximum absolute atomic E-state index is 12.1. The van der Waals surface area contributed by atoms with Gasteiger partial charge in [0.25, 0.3) is 0 Å². The predicted octanol–water partition coefficient (Wildman–Crippen LogP) is 9.92. The van der Waals surface area contributed by atoms with Crippen molar-refractivity contribution in [2.45, 2.75) is 79.6 Å². The Labute approximate surface area is 323 Å². The third kappa shape index (κ3) is 11.1. The van der Waals surface area contributed by atoms with Gasteiger partial charge in [-0.05, 0) is 91.4 Å². The SMILES string of the molecule is CCCN(CCOc1c(Cl)cccc1Cl)C1CCc2c(ccc(OCc3ccc(OC(=O)C(C)C)cc3)c2OCc2ccc(OC(=O)C(C)C)cc2)C1. The molecular weight excluding hydrogens is 713 g/mol. The minimum absolute atomic E-state index is 0.210. The molecule has 53 heavy (non-hydrogen) atoms. The van der Waals surface area contributed by atoms with Gasteiger partial charge in [-0.15, -0.1) is 0 Å². The molecule has 0 aliphatic heterocycles. The van der Waals surface area contributed by atoms with Crippen LogP contribution in [-0.2, 0) is 35.6 Å². The molecule has 10 heteroatoms. The molecule has 1 aliphatic carbocycles. The third-order valence-electron chi connectivity index (χ3n) is 9.08. The second-order valence-electron chi connectivity index (χ2n) is 13.9. The monoisotopic (exact) mass is 761 g/mol. The molecule has 1 unspecified atom stereocenters. The van der Waals surface area contributed by atoms with Gasteiger partial charge in [-0.1, -0.05) is 94.2 Å². The van der Waals surface area contributed by atoms with Crippen molar-refractivity contribution >= 4 is 35.1 Å². The van der Waals surface area contributed by atoms with Gasteiger partial charge in [-0.2, -0.15) is 0 Å². The first-order chi connectivity index (χ1) is 25.5. The van der Waals surface area contributed by atoms with Gasteiger partial charge in [-0.25, -0.2) is 0 Å². The first-order valence-corrected chi connectivity index (χ1v) is 19.1. The molecule has 282 valence electrons. The third-order valence-corrected chi connectivity index (χ3v) is 9.67. The fourth-order valence-electron chi connectivity index (χ4n) is 6.10. The van der Waals surface area contributed by atoms with Crippen LogP contribution in [0.5, 0.6) is 28.7 Å². The number of rotatable bonds is 17. The number of hydrogen-bond donors (Lipinski definition) is 0. The average molecular weight is 763 g/mol. The van der Waals surface area contributed by atoms with Gasteiger partial charge in [0.15, 0.2) is 17.2 Å². The van der Waals surface area contributed by atoms with Gasteiger partial charge < -0.3 is 23.7 Å². The lowest BCUT2D eigenvalue weighted by atomic mass is 9.86. The van der Waals surface area contributed by atoms with Crippen molar-refractivity contribution in [1.29, 1.82) is 0 Å². The number of halogens is 2. The van der Waals surface area contributed by atoms with Gasteiger partial charge in [-0.3, -0.25) is 14.5 Å². The van der Waals surface area contributed by atoms with E-state index >= 15 is 0 Å². The molecule has 0 radical (unpaired) electrons. The number of fused-ring (bicyclic) bond motifs is 1. The van der Waals surface area contributed by atoms with E-state index in [4.69, 9.17) is 46.9 Å². The maximum atomic E-state index is 12.1. The van der Waals surface area contributed by atoms with Gasteiger partial charge in [0.05, 0.1) is 21.9 Å².